The summed E-state index contributed by atoms with van der Waals surface area (Å²) >= 11 is 0. The van der Waals surface area contributed by atoms with Gasteiger partial charge in [0.2, 0.25) is 0 Å². The van der Waals surface area contributed by atoms with Gasteiger partial charge in [-0.05, 0) is 17.7 Å². The van der Waals surface area contributed by atoms with Gasteiger partial charge < -0.3 is 26.2 Å². The van der Waals surface area contributed by atoms with Gasteiger partial charge >= 0.3 is 12.0 Å². The van der Waals surface area contributed by atoms with Crippen molar-refractivity contribution in [3.05, 3.63) is 71.4 Å². The maximum Gasteiger partial charge on any atom is 0.357 e. The van der Waals surface area contributed by atoms with E-state index in [0.29, 0.717) is 5.69 Å². The van der Waals surface area contributed by atoms with Crippen LogP contribution in [0.2, 0.25) is 0 Å². The van der Waals surface area contributed by atoms with Gasteiger partial charge in [0.05, 0.1) is 18.3 Å². The van der Waals surface area contributed by atoms with Crippen molar-refractivity contribution < 1.29 is 19.4 Å². The number of nitrogens with zero attached hydrogens (tertiary/aromatic N) is 2. The number of carbonyl (C=O) groups excluding carboxylic acids is 2. The summed E-state index contributed by atoms with van der Waals surface area (Å²) < 4.78 is 5.19. The van der Waals surface area contributed by atoms with Gasteiger partial charge in [-0.25, -0.2) is 19.6 Å². The van der Waals surface area contributed by atoms with Crippen molar-refractivity contribution in [1.82, 2.24) is 10.3 Å². The molecule has 0 unspecified atom stereocenters. The number of amides is 2. The quantitative estimate of drug-likeness (QED) is 0.487. The molecule has 2 heterocycles. The summed E-state index contributed by atoms with van der Waals surface area (Å²) in [5.74, 6) is -1.12. The molecule has 29 heavy (non-hydrogen) atoms. The van der Waals surface area contributed by atoms with Crippen LogP contribution in [0.25, 0.3) is 0 Å². The molecule has 2 amide bonds. The van der Waals surface area contributed by atoms with Crippen LogP contribution in [-0.2, 0) is 11.3 Å². The molecule has 0 fully saturated rings. The van der Waals surface area contributed by atoms with Crippen molar-refractivity contribution >= 4 is 29.4 Å². The third-order valence-electron chi connectivity index (χ3n) is 3.81. The number of dihydropyridines is 1. The van der Waals surface area contributed by atoms with Gasteiger partial charge in [-0.3, -0.25) is 5.41 Å². The number of amidine groups is 2. The number of carbonyl (C=O) groups is 2. The van der Waals surface area contributed by atoms with Crippen LogP contribution < -0.4 is 16.4 Å². The summed E-state index contributed by atoms with van der Waals surface area (Å²) in [5.41, 5.74) is 6.57. The van der Waals surface area contributed by atoms with Crippen LogP contribution in [0, 0.1) is 5.41 Å². The summed E-state index contributed by atoms with van der Waals surface area (Å²) in [6, 6.07) is 11.4. The molecule has 1 aliphatic heterocycles. The molecule has 10 nitrogen and oxygen atoms in total. The summed E-state index contributed by atoms with van der Waals surface area (Å²) in [6.07, 6.45) is 1.23. The van der Waals surface area contributed by atoms with E-state index in [1.807, 2.05) is 30.3 Å². The van der Waals surface area contributed by atoms with Gasteiger partial charge in [-0.15, -0.1) is 0 Å². The number of hydrogen-bond donors (Lipinski definition) is 5. The number of pyridine rings is 1. The lowest BCUT2D eigenvalue weighted by Gasteiger charge is -2.16. The van der Waals surface area contributed by atoms with Crippen LogP contribution in [0.5, 0.6) is 0 Å². The van der Waals surface area contributed by atoms with Crippen LogP contribution in [0.15, 0.2) is 65.1 Å². The maximum absolute atomic E-state index is 12.1. The molecule has 10 heteroatoms. The number of benzene rings is 1. The molecular formula is C19H18N6O4. The molecule has 0 radical (unpaired) electrons. The maximum atomic E-state index is 12.1. The first-order valence-corrected chi connectivity index (χ1v) is 8.51. The molecule has 2 aromatic rings. The third-order valence-corrected chi connectivity index (χ3v) is 3.81. The lowest BCUT2D eigenvalue weighted by Crippen LogP contribution is -2.35. The molecule has 1 aliphatic rings. The normalized spacial score (nSPS) is 13.5. The molecule has 3 rings (SSSR count). The Morgan fingerprint density at radius 3 is 2.59 bits per heavy atom. The van der Waals surface area contributed by atoms with E-state index < -0.39 is 12.0 Å². The topological polar surface area (TPSA) is 163 Å². The molecule has 0 aliphatic carbocycles. The second-order valence-electron chi connectivity index (χ2n) is 6.02. The van der Waals surface area contributed by atoms with Crippen LogP contribution >= 0.6 is 0 Å². The van der Waals surface area contributed by atoms with Gasteiger partial charge in [-0.1, -0.05) is 30.3 Å². The predicted octanol–water partition coefficient (Wildman–Crippen LogP) is 2.07. The zero-order chi connectivity index (χ0) is 20.8. The Labute approximate surface area is 165 Å². The van der Waals surface area contributed by atoms with Crippen molar-refractivity contribution in [2.75, 3.05) is 5.32 Å². The molecule has 6 N–H and O–H groups in total. The molecule has 0 saturated heterocycles. The molecule has 0 bridgehead atoms. The lowest BCUT2D eigenvalue weighted by molar-refractivity contribution is 0.0466. The molecule has 1 aromatic heterocycles. The Morgan fingerprint density at radius 2 is 1.93 bits per heavy atom. The first-order chi connectivity index (χ1) is 13.9. The van der Waals surface area contributed by atoms with Crippen LogP contribution in [0.1, 0.15) is 22.5 Å². The van der Waals surface area contributed by atoms with Crippen molar-refractivity contribution in [2.45, 2.75) is 13.0 Å². The van der Waals surface area contributed by atoms with Gasteiger partial charge in [0.25, 0.3) is 0 Å². The average molecular weight is 394 g/mol. The van der Waals surface area contributed by atoms with E-state index in [1.165, 1.54) is 18.3 Å². The number of aromatic nitrogens is 1. The van der Waals surface area contributed by atoms with E-state index in [1.54, 1.807) is 0 Å². The molecule has 148 valence electrons. The summed E-state index contributed by atoms with van der Waals surface area (Å²) in [6.45, 7) is 0.126. The van der Waals surface area contributed by atoms with Crippen molar-refractivity contribution in [2.24, 2.45) is 10.7 Å². The lowest BCUT2D eigenvalue weighted by atomic mass is 10.2. The highest BCUT2D eigenvalue weighted by atomic mass is 16.5. The fourth-order valence-corrected chi connectivity index (χ4v) is 2.43. The Morgan fingerprint density at radius 1 is 1.17 bits per heavy atom. The zero-order valence-corrected chi connectivity index (χ0v) is 15.2. The van der Waals surface area contributed by atoms with Crippen LogP contribution in [-0.4, -0.2) is 33.8 Å². The van der Waals surface area contributed by atoms with E-state index in [9.17, 15) is 14.7 Å². The second-order valence-corrected chi connectivity index (χ2v) is 6.02. The summed E-state index contributed by atoms with van der Waals surface area (Å²) in [7, 11) is 0. The van der Waals surface area contributed by atoms with E-state index in [-0.39, 0.29) is 41.8 Å². The van der Waals surface area contributed by atoms with Crippen molar-refractivity contribution in [3.8, 4) is 0 Å². The van der Waals surface area contributed by atoms with Crippen LogP contribution in [0.4, 0.5) is 10.5 Å². The minimum absolute atomic E-state index is 0.0562. The Hall–Kier alpha value is -4.21. The van der Waals surface area contributed by atoms with Gasteiger partial charge in [-0.2, -0.15) is 0 Å². The number of ether oxygens (including phenoxy) is 1. The standard InChI is InChI=1S/C19H18N6O4/c20-15-8-14(26)16(17(21)24-15)25-19(28)23-12-6-7-13(22-9-12)18(27)29-10-11-4-2-1-3-5-11/h1-7,9,26H,8,10H2,(H3,20,21,24)(H2,23,25,28). The van der Waals surface area contributed by atoms with E-state index in [0.717, 1.165) is 5.56 Å². The van der Waals surface area contributed by atoms with Crippen molar-refractivity contribution in [3.63, 3.8) is 0 Å². The molecule has 1 aromatic carbocycles. The average Bonchev–Trinajstić information content (AvgIpc) is 2.70. The first kappa shape index (κ1) is 19.5. The molecule has 0 atom stereocenters. The summed E-state index contributed by atoms with van der Waals surface area (Å²) in [4.78, 5) is 31.8. The van der Waals surface area contributed by atoms with Gasteiger partial charge in [0.15, 0.2) is 5.84 Å². The number of aliphatic hydroxyl groups is 1. The largest absolute Gasteiger partial charge is 0.510 e. The van der Waals surface area contributed by atoms with Crippen molar-refractivity contribution in [1.29, 1.82) is 5.41 Å². The monoisotopic (exact) mass is 394 g/mol. The predicted molar refractivity (Wildman–Crippen MR) is 106 cm³/mol. The van der Waals surface area contributed by atoms with Gasteiger partial charge in [0.1, 0.15) is 29.6 Å². The molecule has 0 spiro atoms. The Balaban J connectivity index is 1.55. The van der Waals surface area contributed by atoms with E-state index >= 15 is 0 Å². The van der Waals surface area contributed by atoms with E-state index in [4.69, 9.17) is 15.9 Å². The number of nitrogens with one attached hydrogen (secondary N) is 3. The number of hydrogen-bond acceptors (Lipinski definition) is 7. The highest BCUT2D eigenvalue weighted by molar-refractivity contribution is 6.10. The fraction of sp³-hybridized carbons (Fsp3) is 0.105. The highest BCUT2D eigenvalue weighted by Crippen LogP contribution is 2.13. The molecular weight excluding hydrogens is 376 g/mol. The minimum Gasteiger partial charge on any atom is -0.510 e. The number of urea groups is 1. The number of nitrogens with two attached hydrogens (primary N) is 1. The number of aliphatic imine (C=N–C) groups is 1. The third kappa shape index (κ3) is 5.16. The number of esters is 1. The zero-order valence-electron chi connectivity index (χ0n) is 15.2. The molecule has 0 saturated carbocycles. The number of anilines is 1. The number of rotatable bonds is 5. The Bertz CT molecular complexity index is 999. The fourth-order valence-electron chi connectivity index (χ4n) is 2.43. The van der Waals surface area contributed by atoms with Gasteiger partial charge in [0, 0.05) is 0 Å². The summed E-state index contributed by atoms with van der Waals surface area (Å²) in [5, 5.41) is 22.3. The highest BCUT2D eigenvalue weighted by Gasteiger charge is 2.20. The smallest absolute Gasteiger partial charge is 0.357 e. The Kier molecular flexibility index (Phi) is 5.83. The second kappa shape index (κ2) is 8.65. The number of aliphatic hydroxyl groups excluding tert-OH is 1. The van der Waals surface area contributed by atoms with E-state index in [2.05, 4.69) is 20.6 Å². The van der Waals surface area contributed by atoms with Crippen LogP contribution in [0.3, 0.4) is 0 Å². The SMILES string of the molecule is N=C1N=C(N)CC(O)=C1NC(=O)Nc1ccc(C(=O)OCc2ccccc2)nc1. The first-order valence-electron chi connectivity index (χ1n) is 8.51. The minimum atomic E-state index is -0.715.